The molecule has 0 saturated carbocycles. The van der Waals surface area contributed by atoms with E-state index in [1.54, 1.807) is 6.20 Å². The molecule has 0 aliphatic carbocycles. The average molecular weight is 343 g/mol. The molecule has 0 saturated heterocycles. The Kier molecular flexibility index (Phi) is 4.90. The highest BCUT2D eigenvalue weighted by Gasteiger charge is 2.00. The minimum Gasteiger partial charge on any atom is -0.332 e. The molecule has 0 spiro atoms. The van der Waals surface area contributed by atoms with E-state index in [2.05, 4.69) is 27.9 Å². The minimum atomic E-state index is 0.534. The largest absolute Gasteiger partial charge is 0.332 e. The zero-order valence-corrected chi connectivity index (χ0v) is 13.8. The molecule has 4 nitrogen and oxygen atoms in total. The maximum atomic E-state index is 5.86. The Bertz CT molecular complexity index is 767. The summed E-state index contributed by atoms with van der Waals surface area (Å²) in [6.45, 7) is 0.751. The van der Waals surface area contributed by atoms with E-state index in [1.807, 2.05) is 53.3 Å². The van der Waals surface area contributed by atoms with Crippen LogP contribution in [0.1, 0.15) is 5.56 Å². The monoisotopic (exact) mass is 342 g/mol. The van der Waals surface area contributed by atoms with Crippen LogP contribution in [0.4, 0.5) is 11.4 Å². The predicted octanol–water partition coefficient (Wildman–Crippen LogP) is 4.39. The lowest BCUT2D eigenvalue weighted by Crippen LogP contribution is -2.18. The number of hydrogen-bond donors (Lipinski definition) is 2. The van der Waals surface area contributed by atoms with Gasteiger partial charge in [0.1, 0.15) is 0 Å². The molecule has 3 rings (SSSR count). The fourth-order valence-electron chi connectivity index (χ4n) is 2.10. The van der Waals surface area contributed by atoms with Crippen LogP contribution in [-0.2, 0) is 6.54 Å². The van der Waals surface area contributed by atoms with Gasteiger partial charge < -0.3 is 10.6 Å². The van der Waals surface area contributed by atoms with E-state index < -0.39 is 0 Å². The first-order valence-corrected chi connectivity index (χ1v) is 7.87. The summed E-state index contributed by atoms with van der Waals surface area (Å²) in [6, 6.07) is 17.4. The summed E-state index contributed by atoms with van der Waals surface area (Å²) < 4.78 is 1.88. The van der Waals surface area contributed by atoms with Crippen LogP contribution in [0.2, 0.25) is 5.02 Å². The van der Waals surface area contributed by atoms with Gasteiger partial charge in [0, 0.05) is 28.8 Å². The van der Waals surface area contributed by atoms with Crippen molar-refractivity contribution in [1.29, 1.82) is 0 Å². The van der Waals surface area contributed by atoms with Crippen LogP contribution in [-0.4, -0.2) is 14.9 Å². The standard InChI is InChI=1S/C17H15ClN4S/c18-14-4-8-16(9-5-14)21-17(23)20-15-6-2-13(3-7-15)12-22-11-1-10-19-22/h1-11H,12H2,(H2,20,21,23). The van der Waals surface area contributed by atoms with Crippen LogP contribution in [0.15, 0.2) is 67.0 Å². The van der Waals surface area contributed by atoms with Crippen LogP contribution < -0.4 is 10.6 Å². The van der Waals surface area contributed by atoms with E-state index in [1.165, 1.54) is 5.56 Å². The number of thiocarbonyl (C=S) groups is 1. The molecule has 0 fully saturated rings. The lowest BCUT2D eigenvalue weighted by molar-refractivity contribution is 0.687. The summed E-state index contributed by atoms with van der Waals surface area (Å²) in [6.07, 6.45) is 3.72. The van der Waals surface area contributed by atoms with Gasteiger partial charge in [0.25, 0.3) is 0 Å². The van der Waals surface area contributed by atoms with Crippen molar-refractivity contribution < 1.29 is 0 Å². The summed E-state index contributed by atoms with van der Waals surface area (Å²) in [4.78, 5) is 0. The molecular weight excluding hydrogens is 328 g/mol. The molecule has 23 heavy (non-hydrogen) atoms. The smallest absolute Gasteiger partial charge is 0.175 e. The highest BCUT2D eigenvalue weighted by molar-refractivity contribution is 7.80. The van der Waals surface area contributed by atoms with Gasteiger partial charge in [0.05, 0.1) is 6.54 Å². The van der Waals surface area contributed by atoms with Gasteiger partial charge in [-0.05, 0) is 60.2 Å². The van der Waals surface area contributed by atoms with Crippen LogP contribution in [0.5, 0.6) is 0 Å². The number of nitrogens with one attached hydrogen (secondary N) is 2. The fraction of sp³-hybridized carbons (Fsp3) is 0.0588. The number of aromatic nitrogens is 2. The Labute approximate surface area is 145 Å². The van der Waals surface area contributed by atoms with Gasteiger partial charge in [-0.3, -0.25) is 4.68 Å². The van der Waals surface area contributed by atoms with Crippen molar-refractivity contribution in [2.24, 2.45) is 0 Å². The number of hydrogen-bond acceptors (Lipinski definition) is 2. The first kappa shape index (κ1) is 15.5. The summed E-state index contributed by atoms with van der Waals surface area (Å²) >= 11 is 11.2. The molecule has 6 heteroatoms. The molecule has 1 heterocycles. The first-order chi connectivity index (χ1) is 11.2. The van der Waals surface area contributed by atoms with E-state index in [0.717, 1.165) is 17.9 Å². The summed E-state index contributed by atoms with van der Waals surface area (Å²) in [7, 11) is 0. The van der Waals surface area contributed by atoms with Gasteiger partial charge in [0.15, 0.2) is 5.11 Å². The average Bonchev–Trinajstić information content (AvgIpc) is 3.04. The number of rotatable bonds is 4. The maximum absolute atomic E-state index is 5.86. The molecular formula is C17H15ClN4S. The Morgan fingerprint density at radius 3 is 2.17 bits per heavy atom. The third-order valence-electron chi connectivity index (χ3n) is 3.22. The molecule has 2 aromatic carbocycles. The second-order valence-corrected chi connectivity index (χ2v) is 5.83. The summed E-state index contributed by atoms with van der Waals surface area (Å²) in [5.74, 6) is 0. The van der Waals surface area contributed by atoms with Crippen molar-refractivity contribution in [2.45, 2.75) is 6.54 Å². The van der Waals surface area contributed by atoms with Crippen molar-refractivity contribution in [3.8, 4) is 0 Å². The lowest BCUT2D eigenvalue weighted by atomic mass is 10.2. The van der Waals surface area contributed by atoms with Gasteiger partial charge in [-0.1, -0.05) is 23.7 Å². The van der Waals surface area contributed by atoms with Gasteiger partial charge >= 0.3 is 0 Å². The summed E-state index contributed by atoms with van der Waals surface area (Å²) in [5, 5.41) is 11.7. The number of halogens is 1. The highest BCUT2D eigenvalue weighted by atomic mass is 35.5. The topological polar surface area (TPSA) is 41.9 Å². The zero-order valence-electron chi connectivity index (χ0n) is 12.2. The molecule has 0 unspecified atom stereocenters. The van der Waals surface area contributed by atoms with Gasteiger partial charge in [0.2, 0.25) is 0 Å². The predicted molar refractivity (Wildman–Crippen MR) is 99.1 cm³/mol. The Hall–Kier alpha value is -2.37. The molecule has 3 aromatic rings. The Morgan fingerprint density at radius 1 is 1.00 bits per heavy atom. The van der Waals surface area contributed by atoms with Gasteiger partial charge in [-0.25, -0.2) is 0 Å². The minimum absolute atomic E-state index is 0.534. The van der Waals surface area contributed by atoms with Gasteiger partial charge in [-0.2, -0.15) is 5.10 Å². The van der Waals surface area contributed by atoms with Crippen molar-refractivity contribution in [2.75, 3.05) is 10.6 Å². The van der Waals surface area contributed by atoms with E-state index in [-0.39, 0.29) is 0 Å². The number of anilines is 2. The van der Waals surface area contributed by atoms with E-state index >= 15 is 0 Å². The van der Waals surface area contributed by atoms with E-state index in [9.17, 15) is 0 Å². The third-order valence-corrected chi connectivity index (χ3v) is 3.67. The summed E-state index contributed by atoms with van der Waals surface area (Å²) in [5.41, 5.74) is 3.00. The van der Waals surface area contributed by atoms with Crippen LogP contribution in [0.3, 0.4) is 0 Å². The van der Waals surface area contributed by atoms with Crippen molar-refractivity contribution in [1.82, 2.24) is 9.78 Å². The van der Waals surface area contributed by atoms with Crippen LogP contribution >= 0.6 is 23.8 Å². The Morgan fingerprint density at radius 2 is 1.61 bits per heavy atom. The highest BCUT2D eigenvalue weighted by Crippen LogP contribution is 2.15. The second kappa shape index (κ2) is 7.26. The second-order valence-electron chi connectivity index (χ2n) is 4.99. The molecule has 116 valence electrons. The SMILES string of the molecule is S=C(Nc1ccc(Cl)cc1)Nc1ccc(Cn2cccn2)cc1. The normalized spacial score (nSPS) is 10.3. The number of benzene rings is 2. The molecule has 0 aliphatic rings. The maximum Gasteiger partial charge on any atom is 0.175 e. The van der Waals surface area contributed by atoms with Crippen LogP contribution in [0.25, 0.3) is 0 Å². The van der Waals surface area contributed by atoms with Crippen molar-refractivity contribution in [3.63, 3.8) is 0 Å². The molecule has 0 bridgehead atoms. The zero-order chi connectivity index (χ0) is 16.1. The molecule has 0 atom stereocenters. The van der Waals surface area contributed by atoms with E-state index in [0.29, 0.717) is 10.1 Å². The first-order valence-electron chi connectivity index (χ1n) is 7.09. The fourth-order valence-corrected chi connectivity index (χ4v) is 2.46. The van der Waals surface area contributed by atoms with E-state index in [4.69, 9.17) is 23.8 Å². The Balaban J connectivity index is 1.57. The van der Waals surface area contributed by atoms with Gasteiger partial charge in [-0.15, -0.1) is 0 Å². The third kappa shape index (κ3) is 4.55. The lowest BCUT2D eigenvalue weighted by Gasteiger charge is -2.11. The van der Waals surface area contributed by atoms with Crippen LogP contribution in [0, 0.1) is 0 Å². The quantitative estimate of drug-likeness (QED) is 0.690. The molecule has 1 aromatic heterocycles. The molecule has 2 N–H and O–H groups in total. The molecule has 0 aliphatic heterocycles. The molecule has 0 amide bonds. The molecule has 0 radical (unpaired) electrons. The van der Waals surface area contributed by atoms with Crippen molar-refractivity contribution >= 4 is 40.3 Å². The van der Waals surface area contributed by atoms with Crippen molar-refractivity contribution in [3.05, 3.63) is 77.6 Å². The number of nitrogens with zero attached hydrogens (tertiary/aromatic N) is 2.